The van der Waals surface area contributed by atoms with Crippen molar-refractivity contribution in [1.29, 1.82) is 0 Å². The maximum atomic E-state index is 13.3. The van der Waals surface area contributed by atoms with Crippen molar-refractivity contribution in [3.63, 3.8) is 0 Å². The third-order valence-corrected chi connectivity index (χ3v) is 3.71. The highest BCUT2D eigenvalue weighted by molar-refractivity contribution is 6.31. The summed E-state index contributed by atoms with van der Waals surface area (Å²) >= 11 is 5.96. The Bertz CT molecular complexity index is 354. The first kappa shape index (κ1) is 14.5. The molecule has 0 amide bonds. The lowest BCUT2D eigenvalue weighted by Crippen LogP contribution is -2.29. The second-order valence-corrected chi connectivity index (χ2v) is 5.03. The Morgan fingerprint density at radius 1 is 1.41 bits per heavy atom. The SMILES string of the molecule is CCC(C)CC(Cc1cccc(F)c1Cl)NC. The van der Waals surface area contributed by atoms with Crippen LogP contribution in [-0.4, -0.2) is 13.1 Å². The molecule has 0 aliphatic rings. The number of halogens is 2. The average Bonchev–Trinajstić information content (AvgIpc) is 2.33. The van der Waals surface area contributed by atoms with Gasteiger partial charge in [0.1, 0.15) is 5.82 Å². The third kappa shape index (κ3) is 4.29. The Morgan fingerprint density at radius 2 is 2.12 bits per heavy atom. The summed E-state index contributed by atoms with van der Waals surface area (Å²) in [5, 5.41) is 3.54. The summed E-state index contributed by atoms with van der Waals surface area (Å²) in [6.07, 6.45) is 3.02. The molecule has 1 N–H and O–H groups in total. The predicted molar refractivity (Wildman–Crippen MR) is 72.0 cm³/mol. The van der Waals surface area contributed by atoms with E-state index in [9.17, 15) is 4.39 Å². The second kappa shape index (κ2) is 6.97. The summed E-state index contributed by atoms with van der Waals surface area (Å²) in [5.74, 6) is 0.336. The van der Waals surface area contributed by atoms with Crippen molar-refractivity contribution in [2.45, 2.75) is 39.2 Å². The van der Waals surface area contributed by atoms with Gasteiger partial charge < -0.3 is 5.32 Å². The van der Waals surface area contributed by atoms with E-state index in [0.717, 1.165) is 24.8 Å². The molecule has 0 bridgehead atoms. The highest BCUT2D eigenvalue weighted by Gasteiger charge is 2.14. The molecular formula is C14H21ClFN. The molecule has 0 saturated heterocycles. The van der Waals surface area contributed by atoms with E-state index in [4.69, 9.17) is 11.6 Å². The minimum Gasteiger partial charge on any atom is -0.317 e. The van der Waals surface area contributed by atoms with Crippen molar-refractivity contribution in [2.24, 2.45) is 5.92 Å². The Hall–Kier alpha value is -0.600. The molecule has 1 aromatic carbocycles. The van der Waals surface area contributed by atoms with Crippen molar-refractivity contribution in [1.82, 2.24) is 5.32 Å². The number of hydrogen-bond donors (Lipinski definition) is 1. The van der Waals surface area contributed by atoms with Crippen molar-refractivity contribution in [2.75, 3.05) is 7.05 Å². The van der Waals surface area contributed by atoms with Crippen LogP contribution in [0.25, 0.3) is 0 Å². The maximum absolute atomic E-state index is 13.3. The van der Waals surface area contributed by atoms with E-state index < -0.39 is 0 Å². The van der Waals surface area contributed by atoms with Crippen LogP contribution in [0.2, 0.25) is 5.02 Å². The lowest BCUT2D eigenvalue weighted by Gasteiger charge is -2.20. The minimum atomic E-state index is -0.331. The third-order valence-electron chi connectivity index (χ3n) is 3.29. The summed E-state index contributed by atoms with van der Waals surface area (Å²) in [4.78, 5) is 0. The van der Waals surface area contributed by atoms with E-state index in [1.54, 1.807) is 6.07 Å². The van der Waals surface area contributed by atoms with Crippen LogP contribution >= 0.6 is 11.6 Å². The molecule has 17 heavy (non-hydrogen) atoms. The van der Waals surface area contributed by atoms with Crippen molar-refractivity contribution >= 4 is 11.6 Å². The van der Waals surface area contributed by atoms with E-state index in [0.29, 0.717) is 12.0 Å². The Balaban J connectivity index is 2.70. The molecule has 0 aliphatic carbocycles. The molecule has 0 aromatic heterocycles. The van der Waals surface area contributed by atoms with Crippen LogP contribution in [0.5, 0.6) is 0 Å². The molecule has 0 radical (unpaired) electrons. The number of nitrogens with one attached hydrogen (secondary N) is 1. The first-order chi connectivity index (χ1) is 8.08. The minimum absolute atomic E-state index is 0.261. The molecule has 0 heterocycles. The van der Waals surface area contributed by atoms with Crippen LogP contribution in [-0.2, 0) is 6.42 Å². The van der Waals surface area contributed by atoms with Crippen molar-refractivity contribution in [3.8, 4) is 0 Å². The van der Waals surface area contributed by atoms with Gasteiger partial charge in [-0.15, -0.1) is 0 Å². The quantitative estimate of drug-likeness (QED) is 0.811. The molecule has 2 atom stereocenters. The monoisotopic (exact) mass is 257 g/mol. The maximum Gasteiger partial charge on any atom is 0.142 e. The van der Waals surface area contributed by atoms with Gasteiger partial charge in [-0.2, -0.15) is 0 Å². The zero-order valence-corrected chi connectivity index (χ0v) is 11.5. The van der Waals surface area contributed by atoms with Gasteiger partial charge in [0.2, 0.25) is 0 Å². The van der Waals surface area contributed by atoms with Crippen LogP contribution in [0, 0.1) is 11.7 Å². The molecule has 3 heteroatoms. The van der Waals surface area contributed by atoms with Gasteiger partial charge in [0.25, 0.3) is 0 Å². The van der Waals surface area contributed by atoms with E-state index in [1.165, 1.54) is 6.07 Å². The van der Waals surface area contributed by atoms with Crippen LogP contribution in [0.15, 0.2) is 18.2 Å². The molecule has 1 nitrogen and oxygen atoms in total. The fraction of sp³-hybridized carbons (Fsp3) is 0.571. The fourth-order valence-electron chi connectivity index (χ4n) is 1.93. The zero-order chi connectivity index (χ0) is 12.8. The van der Waals surface area contributed by atoms with E-state index in [-0.39, 0.29) is 10.8 Å². The van der Waals surface area contributed by atoms with Crippen LogP contribution in [0.4, 0.5) is 4.39 Å². The lowest BCUT2D eigenvalue weighted by molar-refractivity contribution is 0.410. The molecule has 1 aromatic rings. The Morgan fingerprint density at radius 3 is 2.71 bits per heavy atom. The second-order valence-electron chi connectivity index (χ2n) is 4.65. The topological polar surface area (TPSA) is 12.0 Å². The number of rotatable bonds is 6. The van der Waals surface area contributed by atoms with E-state index >= 15 is 0 Å². The Labute approximate surface area is 108 Å². The van der Waals surface area contributed by atoms with Crippen LogP contribution in [0.3, 0.4) is 0 Å². The van der Waals surface area contributed by atoms with Gasteiger partial charge in [-0.3, -0.25) is 0 Å². The first-order valence-corrected chi connectivity index (χ1v) is 6.56. The van der Waals surface area contributed by atoms with Gasteiger partial charge >= 0.3 is 0 Å². The number of benzene rings is 1. The molecule has 0 saturated carbocycles. The van der Waals surface area contributed by atoms with Gasteiger partial charge in [0, 0.05) is 6.04 Å². The molecule has 96 valence electrons. The smallest absolute Gasteiger partial charge is 0.142 e. The van der Waals surface area contributed by atoms with Crippen molar-refractivity contribution in [3.05, 3.63) is 34.6 Å². The van der Waals surface area contributed by atoms with Crippen molar-refractivity contribution < 1.29 is 4.39 Å². The normalized spacial score (nSPS) is 14.6. The van der Waals surface area contributed by atoms with Gasteiger partial charge in [-0.25, -0.2) is 4.39 Å². The van der Waals surface area contributed by atoms with Gasteiger partial charge in [0.05, 0.1) is 5.02 Å². The number of hydrogen-bond acceptors (Lipinski definition) is 1. The summed E-state index contributed by atoms with van der Waals surface area (Å²) < 4.78 is 13.3. The van der Waals surface area contributed by atoms with Crippen LogP contribution in [0.1, 0.15) is 32.3 Å². The predicted octanol–water partition coefficient (Wildman–Crippen LogP) is 4.05. The van der Waals surface area contributed by atoms with Gasteiger partial charge in [0.15, 0.2) is 0 Å². The summed E-state index contributed by atoms with van der Waals surface area (Å²) in [7, 11) is 1.94. The summed E-state index contributed by atoms with van der Waals surface area (Å²) in [5.41, 5.74) is 0.884. The average molecular weight is 258 g/mol. The summed E-state index contributed by atoms with van der Waals surface area (Å²) in [6, 6.07) is 5.36. The van der Waals surface area contributed by atoms with E-state index in [2.05, 4.69) is 19.2 Å². The zero-order valence-electron chi connectivity index (χ0n) is 10.8. The largest absolute Gasteiger partial charge is 0.317 e. The molecule has 0 fully saturated rings. The highest BCUT2D eigenvalue weighted by Crippen LogP contribution is 2.22. The molecule has 0 aliphatic heterocycles. The number of likely N-dealkylation sites (N-methyl/N-ethyl adjacent to an activating group) is 1. The molecule has 1 rings (SSSR count). The van der Waals surface area contributed by atoms with Gasteiger partial charge in [-0.1, -0.05) is 44.0 Å². The summed E-state index contributed by atoms with van der Waals surface area (Å²) in [6.45, 7) is 4.42. The molecule has 0 spiro atoms. The van der Waals surface area contributed by atoms with E-state index in [1.807, 2.05) is 13.1 Å². The fourth-order valence-corrected chi connectivity index (χ4v) is 2.13. The Kier molecular flexibility index (Phi) is 5.93. The highest BCUT2D eigenvalue weighted by atomic mass is 35.5. The standard InChI is InChI=1S/C14H21ClFN/c1-4-10(2)8-12(17-3)9-11-6-5-7-13(16)14(11)15/h5-7,10,12,17H,4,8-9H2,1-3H3. The van der Waals surface area contributed by atoms with Crippen LogP contribution < -0.4 is 5.32 Å². The first-order valence-electron chi connectivity index (χ1n) is 6.18. The molecular weight excluding hydrogens is 237 g/mol. The molecule has 2 unspecified atom stereocenters. The lowest BCUT2D eigenvalue weighted by atomic mass is 9.94. The van der Waals surface area contributed by atoms with Gasteiger partial charge in [-0.05, 0) is 37.4 Å².